The van der Waals surface area contributed by atoms with Crippen LogP contribution in [0, 0.1) is 0 Å². The second kappa shape index (κ2) is 24.1. The van der Waals surface area contributed by atoms with Gasteiger partial charge in [-0.05, 0) is 99.4 Å². The molecule has 96 heavy (non-hydrogen) atoms. The molecular formula is C88H86N6O2. The molecule has 0 saturated heterocycles. The molecule has 8 nitrogen and oxygen atoms in total. The Balaban J connectivity index is 0.897. The Hall–Kier alpha value is -9.86. The predicted molar refractivity (Wildman–Crippen MR) is 394 cm³/mol. The molecule has 2 atom stereocenters. The fourth-order valence-corrected chi connectivity index (χ4v) is 13.3. The number of nitrogens with zero attached hydrogens (tertiary/aromatic N) is 6. The van der Waals surface area contributed by atoms with Gasteiger partial charge in [-0.2, -0.15) is 0 Å². The van der Waals surface area contributed by atoms with Crippen molar-refractivity contribution < 1.29 is 10.2 Å². The molecule has 2 N–H and O–H groups in total. The van der Waals surface area contributed by atoms with E-state index >= 15 is 0 Å². The molecule has 13 rings (SSSR count). The summed E-state index contributed by atoms with van der Waals surface area (Å²) in [6.07, 6.45) is 0. The lowest BCUT2D eigenvalue weighted by atomic mass is 9.61. The highest BCUT2D eigenvalue weighted by Gasteiger charge is 2.52. The molecule has 10 aromatic carbocycles. The molecule has 0 spiro atoms. The van der Waals surface area contributed by atoms with E-state index in [0.29, 0.717) is 68.3 Å². The minimum atomic E-state index is -1.75. The van der Waals surface area contributed by atoms with Gasteiger partial charge in [0.15, 0.2) is 34.9 Å². The summed E-state index contributed by atoms with van der Waals surface area (Å²) >= 11 is 0. The third-order valence-corrected chi connectivity index (χ3v) is 19.2. The molecule has 1 aliphatic carbocycles. The molecule has 0 bridgehead atoms. The third kappa shape index (κ3) is 12.2. The highest BCUT2D eigenvalue weighted by Crippen LogP contribution is 2.56. The van der Waals surface area contributed by atoms with Gasteiger partial charge in [0, 0.05) is 44.5 Å². The van der Waals surface area contributed by atoms with E-state index in [1.54, 1.807) is 0 Å². The van der Waals surface area contributed by atoms with Crippen LogP contribution in [0.15, 0.2) is 237 Å². The van der Waals surface area contributed by atoms with Gasteiger partial charge in [-0.25, -0.2) is 29.9 Å². The second-order valence-corrected chi connectivity index (χ2v) is 31.1. The molecule has 12 aromatic rings. The summed E-state index contributed by atoms with van der Waals surface area (Å²) in [6.45, 7) is 33.1. The van der Waals surface area contributed by atoms with Crippen molar-refractivity contribution in [3.05, 3.63) is 298 Å². The van der Waals surface area contributed by atoms with Crippen LogP contribution in [0.25, 0.3) is 90.6 Å². The van der Waals surface area contributed by atoms with E-state index in [-0.39, 0.29) is 27.1 Å². The van der Waals surface area contributed by atoms with Gasteiger partial charge in [0.1, 0.15) is 11.2 Å². The smallest absolute Gasteiger partial charge is 0.164 e. The van der Waals surface area contributed by atoms with E-state index in [1.807, 2.05) is 66.7 Å². The molecule has 1 aliphatic rings. The van der Waals surface area contributed by atoms with Gasteiger partial charge in [0.05, 0.1) is 0 Å². The van der Waals surface area contributed by atoms with Crippen molar-refractivity contribution in [2.75, 3.05) is 0 Å². The first-order chi connectivity index (χ1) is 45.5. The van der Waals surface area contributed by atoms with E-state index in [2.05, 4.69) is 274 Å². The van der Waals surface area contributed by atoms with Crippen LogP contribution >= 0.6 is 0 Å². The number of hydrogen-bond acceptors (Lipinski definition) is 8. The summed E-state index contributed by atoms with van der Waals surface area (Å²) in [5.74, 6) is 3.47. The van der Waals surface area contributed by atoms with Gasteiger partial charge in [-0.1, -0.05) is 340 Å². The van der Waals surface area contributed by atoms with Crippen molar-refractivity contribution >= 4 is 0 Å². The Kier molecular flexibility index (Phi) is 16.3. The van der Waals surface area contributed by atoms with Crippen LogP contribution in [-0.4, -0.2) is 40.1 Å². The van der Waals surface area contributed by atoms with Gasteiger partial charge in [0.2, 0.25) is 0 Å². The lowest BCUT2D eigenvalue weighted by Crippen LogP contribution is -2.45. The number of hydrogen-bond donors (Lipinski definition) is 2. The Bertz CT molecular complexity index is 4720. The highest BCUT2D eigenvalue weighted by molar-refractivity contribution is 5.80. The van der Waals surface area contributed by atoms with Gasteiger partial charge in [-0.15, -0.1) is 0 Å². The molecule has 2 unspecified atom stereocenters. The summed E-state index contributed by atoms with van der Waals surface area (Å²) < 4.78 is 0. The standard InChI is InChI=1S/C88H86N6O2/c1-82(2,3)63-44-36-59(37-45-63)78-89-76(90-79(93-78)60-38-46-64(47-39-60)83(4,5)6)57-32-28-55(29-33-57)68-22-16-18-24-70(68)87(95)72-26-20-21-27-73(72)88(96,75-54-67(86(13,14)15)52-53-74(75)87)71-25-19-17-23-69(71)56-30-34-58(35-31-56)77-91-80(61-40-48-65(49-41-61)84(7,8)9)94-81(92-77)62-42-50-66(51-43-62)85(10,11)12/h16-54,95-96H,1-15H3. The Labute approximate surface area is 567 Å². The SMILES string of the molecule is CC(C)(C)c1ccc(-c2nc(-c3ccc(-c4ccccc4C4(O)c5ccccc5C(O)(c5ccccc5-c5ccc(-c6nc(-c7ccc(C(C)(C)C)cc7)nc(-c7ccc(C(C)(C)C)cc7)n6)cc5)c5cc(C(C)(C)C)ccc54)cc3)nc(-c3ccc(C(C)(C)C)cc3)n2)cc1. The van der Waals surface area contributed by atoms with Crippen LogP contribution in [0.5, 0.6) is 0 Å². The molecule has 8 heteroatoms. The monoisotopic (exact) mass is 1260 g/mol. The summed E-state index contributed by atoms with van der Waals surface area (Å²) in [4.78, 5) is 30.8. The number of rotatable bonds is 10. The number of aromatic nitrogens is 6. The minimum absolute atomic E-state index is 0.0112. The first-order valence-electron chi connectivity index (χ1n) is 33.5. The minimum Gasteiger partial charge on any atom is -0.376 e. The van der Waals surface area contributed by atoms with Crippen LogP contribution in [0.1, 0.15) is 165 Å². The zero-order valence-corrected chi connectivity index (χ0v) is 58.1. The maximum atomic E-state index is 14.4. The average Bonchev–Trinajstić information content (AvgIpc) is 0.686. The van der Waals surface area contributed by atoms with Crippen molar-refractivity contribution in [1.82, 2.24) is 29.9 Å². The molecule has 0 saturated carbocycles. The Morgan fingerprint density at radius 1 is 0.208 bits per heavy atom. The zero-order chi connectivity index (χ0) is 67.9. The molecule has 2 aromatic heterocycles. The van der Waals surface area contributed by atoms with Crippen LogP contribution in [0.4, 0.5) is 0 Å². The first kappa shape index (κ1) is 64.8. The summed E-state index contributed by atoms with van der Waals surface area (Å²) in [7, 11) is 0. The van der Waals surface area contributed by atoms with Crippen LogP contribution in [0.2, 0.25) is 0 Å². The molecule has 480 valence electrons. The fourth-order valence-electron chi connectivity index (χ4n) is 13.3. The summed E-state index contributed by atoms with van der Waals surface area (Å²) in [5.41, 5.74) is 14.5. The van der Waals surface area contributed by atoms with Gasteiger partial charge in [0.25, 0.3) is 0 Å². The van der Waals surface area contributed by atoms with E-state index < -0.39 is 11.2 Å². The van der Waals surface area contributed by atoms with Crippen molar-refractivity contribution in [1.29, 1.82) is 0 Å². The lowest BCUT2D eigenvalue weighted by Gasteiger charge is -2.46. The zero-order valence-electron chi connectivity index (χ0n) is 58.1. The van der Waals surface area contributed by atoms with Crippen molar-refractivity contribution in [3.63, 3.8) is 0 Å². The van der Waals surface area contributed by atoms with Crippen LogP contribution in [-0.2, 0) is 38.3 Å². The predicted octanol–water partition coefficient (Wildman–Crippen LogP) is 20.8. The Morgan fingerprint density at radius 2 is 0.406 bits per heavy atom. The van der Waals surface area contributed by atoms with E-state index in [9.17, 15) is 10.2 Å². The van der Waals surface area contributed by atoms with Gasteiger partial charge in [-0.3, -0.25) is 0 Å². The molecule has 0 amide bonds. The largest absolute Gasteiger partial charge is 0.376 e. The quantitative estimate of drug-likeness (QED) is 0.139. The number of benzene rings is 10. The van der Waals surface area contributed by atoms with E-state index in [0.717, 1.165) is 61.2 Å². The number of aliphatic hydroxyl groups is 2. The van der Waals surface area contributed by atoms with Crippen molar-refractivity contribution in [3.8, 4) is 90.6 Å². The first-order valence-corrected chi connectivity index (χ1v) is 33.5. The van der Waals surface area contributed by atoms with Crippen molar-refractivity contribution in [2.45, 2.75) is 142 Å². The average molecular weight is 1260 g/mol. The molecule has 0 fully saturated rings. The summed E-state index contributed by atoms with van der Waals surface area (Å²) in [6, 6.07) is 81.0. The molecular weight excluding hydrogens is 1170 g/mol. The van der Waals surface area contributed by atoms with Crippen LogP contribution < -0.4 is 0 Å². The highest BCUT2D eigenvalue weighted by atomic mass is 16.3. The summed E-state index contributed by atoms with van der Waals surface area (Å²) in [5, 5.41) is 28.8. The lowest BCUT2D eigenvalue weighted by molar-refractivity contribution is 0.0752. The van der Waals surface area contributed by atoms with E-state index in [4.69, 9.17) is 29.9 Å². The van der Waals surface area contributed by atoms with E-state index in [1.165, 1.54) is 22.3 Å². The third-order valence-electron chi connectivity index (χ3n) is 19.2. The molecule has 0 aliphatic heterocycles. The normalized spacial score (nSPS) is 15.8. The maximum absolute atomic E-state index is 14.4. The molecule has 2 heterocycles. The van der Waals surface area contributed by atoms with Gasteiger partial charge >= 0.3 is 0 Å². The van der Waals surface area contributed by atoms with Crippen molar-refractivity contribution in [2.24, 2.45) is 0 Å². The van der Waals surface area contributed by atoms with Crippen LogP contribution in [0.3, 0.4) is 0 Å². The molecule has 0 radical (unpaired) electrons. The fraction of sp³-hybridized carbons (Fsp3) is 0.250. The topological polar surface area (TPSA) is 118 Å². The Morgan fingerprint density at radius 3 is 0.667 bits per heavy atom. The maximum Gasteiger partial charge on any atom is 0.164 e. The van der Waals surface area contributed by atoms with Gasteiger partial charge < -0.3 is 10.2 Å². The number of fused-ring (bicyclic) bond motifs is 2. The second-order valence-electron chi connectivity index (χ2n) is 31.1.